The molecule has 1 aliphatic carbocycles. The Balaban J connectivity index is 1.99. The van der Waals surface area contributed by atoms with Crippen molar-refractivity contribution >= 4 is 5.97 Å². The number of pyridine rings is 1. The van der Waals surface area contributed by atoms with Crippen LogP contribution < -0.4 is 0 Å². The van der Waals surface area contributed by atoms with Crippen LogP contribution in [0.4, 0.5) is 0 Å². The van der Waals surface area contributed by atoms with Crippen LogP contribution in [0.2, 0.25) is 0 Å². The van der Waals surface area contributed by atoms with Crippen molar-refractivity contribution in [1.29, 1.82) is 0 Å². The molecule has 1 aliphatic rings. The van der Waals surface area contributed by atoms with E-state index >= 15 is 0 Å². The lowest BCUT2D eigenvalue weighted by atomic mass is 10.1. The van der Waals surface area contributed by atoms with Crippen LogP contribution in [0.15, 0.2) is 24.5 Å². The molecule has 0 aliphatic heterocycles. The molecule has 2 aromatic rings. The minimum absolute atomic E-state index is 0.265. The van der Waals surface area contributed by atoms with Crippen molar-refractivity contribution in [2.75, 3.05) is 7.11 Å². The molecule has 1 fully saturated rings. The second-order valence-electron chi connectivity index (χ2n) is 5.35. The molecular weight excluding hydrogens is 268 g/mol. The van der Waals surface area contributed by atoms with Crippen LogP contribution in [-0.2, 0) is 11.3 Å². The van der Waals surface area contributed by atoms with Crippen molar-refractivity contribution in [2.24, 2.45) is 5.92 Å². The molecule has 0 bridgehead atoms. The van der Waals surface area contributed by atoms with Gasteiger partial charge in [0.2, 0.25) is 0 Å². The van der Waals surface area contributed by atoms with E-state index in [0.717, 1.165) is 17.8 Å². The summed E-state index contributed by atoms with van der Waals surface area (Å²) in [6.45, 7) is 0.793. The first kappa shape index (κ1) is 13.7. The van der Waals surface area contributed by atoms with Crippen molar-refractivity contribution < 1.29 is 9.53 Å². The van der Waals surface area contributed by atoms with E-state index in [4.69, 9.17) is 4.74 Å². The molecule has 0 amide bonds. The minimum Gasteiger partial charge on any atom is -0.464 e. The van der Waals surface area contributed by atoms with E-state index < -0.39 is 5.97 Å². The average Bonchev–Trinajstić information content (AvgIpc) is 3.17. The Morgan fingerprint density at radius 1 is 1.33 bits per heavy atom. The molecule has 2 aromatic heterocycles. The van der Waals surface area contributed by atoms with E-state index in [1.165, 1.54) is 32.8 Å². The molecule has 110 valence electrons. The van der Waals surface area contributed by atoms with Crippen LogP contribution in [-0.4, -0.2) is 33.1 Å². The number of hydrogen-bond acceptors (Lipinski definition) is 5. The lowest BCUT2D eigenvalue weighted by Crippen LogP contribution is -2.11. The highest BCUT2D eigenvalue weighted by atomic mass is 16.5. The van der Waals surface area contributed by atoms with Gasteiger partial charge < -0.3 is 4.74 Å². The van der Waals surface area contributed by atoms with Gasteiger partial charge in [-0.2, -0.15) is 0 Å². The summed E-state index contributed by atoms with van der Waals surface area (Å²) in [5.41, 5.74) is 1.87. The van der Waals surface area contributed by atoms with Crippen LogP contribution in [0.3, 0.4) is 0 Å². The molecule has 0 saturated heterocycles. The summed E-state index contributed by atoms with van der Waals surface area (Å²) in [7, 11) is 1.36. The van der Waals surface area contributed by atoms with Gasteiger partial charge in [-0.05, 0) is 30.9 Å². The number of nitrogens with zero attached hydrogens (tertiary/aromatic N) is 4. The van der Waals surface area contributed by atoms with Gasteiger partial charge in [-0.15, -0.1) is 5.10 Å². The predicted molar refractivity (Wildman–Crippen MR) is 76.6 cm³/mol. The Morgan fingerprint density at radius 2 is 2.05 bits per heavy atom. The van der Waals surface area contributed by atoms with Gasteiger partial charge in [-0.25, -0.2) is 9.48 Å². The molecule has 0 unspecified atom stereocenters. The third kappa shape index (κ3) is 2.79. The number of methoxy groups -OCH3 is 1. The number of esters is 1. The van der Waals surface area contributed by atoms with Crippen LogP contribution in [0.25, 0.3) is 11.3 Å². The van der Waals surface area contributed by atoms with Gasteiger partial charge in [0.05, 0.1) is 7.11 Å². The van der Waals surface area contributed by atoms with Crippen molar-refractivity contribution in [3.8, 4) is 11.3 Å². The molecule has 0 aromatic carbocycles. The number of carbonyl (C=O) groups excluding carboxylic acids is 1. The van der Waals surface area contributed by atoms with Crippen molar-refractivity contribution in [3.05, 3.63) is 30.2 Å². The molecule has 0 radical (unpaired) electrons. The van der Waals surface area contributed by atoms with E-state index in [-0.39, 0.29) is 5.69 Å². The SMILES string of the molecule is COC(=O)c1nnn(CC2CCCC2)c1-c1ccncc1. The second-order valence-corrected chi connectivity index (χ2v) is 5.35. The minimum atomic E-state index is -0.459. The fourth-order valence-electron chi connectivity index (χ4n) is 2.91. The molecule has 0 spiro atoms. The van der Waals surface area contributed by atoms with E-state index in [1.807, 2.05) is 16.8 Å². The summed E-state index contributed by atoms with van der Waals surface area (Å²) in [6, 6.07) is 3.71. The fraction of sp³-hybridized carbons (Fsp3) is 0.467. The summed E-state index contributed by atoms with van der Waals surface area (Å²) in [5, 5.41) is 8.19. The van der Waals surface area contributed by atoms with Gasteiger partial charge in [0.25, 0.3) is 0 Å². The van der Waals surface area contributed by atoms with Crippen LogP contribution in [0.1, 0.15) is 36.2 Å². The third-order valence-electron chi connectivity index (χ3n) is 3.97. The number of carbonyl (C=O) groups is 1. The smallest absolute Gasteiger partial charge is 0.360 e. The quantitative estimate of drug-likeness (QED) is 0.807. The zero-order chi connectivity index (χ0) is 14.7. The Hall–Kier alpha value is -2.24. The van der Waals surface area contributed by atoms with Gasteiger partial charge in [0.1, 0.15) is 5.69 Å². The molecular formula is C15H18N4O2. The lowest BCUT2D eigenvalue weighted by molar-refractivity contribution is 0.0595. The van der Waals surface area contributed by atoms with Crippen LogP contribution in [0.5, 0.6) is 0 Å². The number of hydrogen-bond donors (Lipinski definition) is 0. The average molecular weight is 286 g/mol. The first-order valence-corrected chi connectivity index (χ1v) is 7.22. The van der Waals surface area contributed by atoms with E-state index in [1.54, 1.807) is 12.4 Å². The lowest BCUT2D eigenvalue weighted by Gasteiger charge is -2.12. The number of rotatable bonds is 4. The van der Waals surface area contributed by atoms with Crippen molar-refractivity contribution in [3.63, 3.8) is 0 Å². The van der Waals surface area contributed by atoms with Crippen molar-refractivity contribution in [2.45, 2.75) is 32.2 Å². The Kier molecular flexibility index (Phi) is 3.94. The van der Waals surface area contributed by atoms with Crippen LogP contribution in [0, 0.1) is 5.92 Å². The van der Waals surface area contributed by atoms with Gasteiger partial charge >= 0.3 is 5.97 Å². The maximum atomic E-state index is 11.9. The molecule has 2 heterocycles. The van der Waals surface area contributed by atoms with E-state index in [0.29, 0.717) is 5.92 Å². The number of ether oxygens (including phenoxy) is 1. The maximum absolute atomic E-state index is 11.9. The molecule has 6 nitrogen and oxygen atoms in total. The Labute approximate surface area is 123 Å². The van der Waals surface area contributed by atoms with Gasteiger partial charge in [0, 0.05) is 24.5 Å². The monoisotopic (exact) mass is 286 g/mol. The molecule has 21 heavy (non-hydrogen) atoms. The maximum Gasteiger partial charge on any atom is 0.360 e. The van der Waals surface area contributed by atoms with Crippen molar-refractivity contribution in [1.82, 2.24) is 20.0 Å². The zero-order valence-electron chi connectivity index (χ0n) is 12.0. The highest BCUT2D eigenvalue weighted by molar-refractivity contribution is 5.93. The Bertz CT molecular complexity index is 618. The standard InChI is InChI=1S/C15H18N4O2/c1-21-15(20)13-14(12-6-8-16-9-7-12)19(18-17-13)10-11-4-2-3-5-11/h6-9,11H,2-5,10H2,1H3. The largest absolute Gasteiger partial charge is 0.464 e. The molecule has 3 rings (SSSR count). The second kappa shape index (κ2) is 6.03. The first-order chi connectivity index (χ1) is 10.3. The van der Waals surface area contributed by atoms with Crippen LogP contribution >= 0.6 is 0 Å². The molecule has 1 saturated carbocycles. The summed E-state index contributed by atoms with van der Waals surface area (Å²) >= 11 is 0. The van der Waals surface area contributed by atoms with Gasteiger partial charge in [-0.1, -0.05) is 18.1 Å². The fourth-order valence-corrected chi connectivity index (χ4v) is 2.91. The summed E-state index contributed by atoms with van der Waals surface area (Å²) in [4.78, 5) is 15.9. The van der Waals surface area contributed by atoms with Gasteiger partial charge in [-0.3, -0.25) is 4.98 Å². The molecule has 6 heteroatoms. The zero-order valence-corrected chi connectivity index (χ0v) is 12.0. The first-order valence-electron chi connectivity index (χ1n) is 7.22. The highest BCUT2D eigenvalue weighted by Crippen LogP contribution is 2.29. The third-order valence-corrected chi connectivity index (χ3v) is 3.97. The normalized spacial score (nSPS) is 15.3. The van der Waals surface area contributed by atoms with Gasteiger partial charge in [0.15, 0.2) is 5.69 Å². The van der Waals surface area contributed by atoms with E-state index in [9.17, 15) is 4.79 Å². The predicted octanol–water partition coefficient (Wildman–Crippen LogP) is 2.32. The summed E-state index contributed by atoms with van der Waals surface area (Å²) < 4.78 is 6.64. The highest BCUT2D eigenvalue weighted by Gasteiger charge is 2.24. The Morgan fingerprint density at radius 3 is 2.71 bits per heavy atom. The molecule has 0 N–H and O–H groups in total. The molecule has 0 atom stereocenters. The topological polar surface area (TPSA) is 69.9 Å². The summed E-state index contributed by atoms with van der Waals surface area (Å²) in [6.07, 6.45) is 8.36. The number of aromatic nitrogens is 4. The summed E-state index contributed by atoms with van der Waals surface area (Å²) in [5.74, 6) is 0.150. The van der Waals surface area contributed by atoms with E-state index in [2.05, 4.69) is 15.3 Å².